The van der Waals surface area contributed by atoms with E-state index in [2.05, 4.69) is 17.1 Å². The van der Waals surface area contributed by atoms with Gasteiger partial charge in [0.2, 0.25) is 0 Å². The standard InChI is InChI=1S/C23H25F4N3OS/c1-2-3-4-7-13-30-21(15-31-20-12-6-5-11-19(20)24)28-29-22(30)32-16-17-9-8-10-18(14-17)23(25,26)27/h5-6,8-12,14H,2-4,7,13,15-16H2,1H3. The second-order valence-electron chi connectivity index (χ2n) is 7.32. The lowest BCUT2D eigenvalue weighted by atomic mass is 10.1. The number of benzene rings is 2. The Labute approximate surface area is 189 Å². The van der Waals surface area contributed by atoms with Crippen LogP contribution in [0.1, 0.15) is 49.6 Å². The van der Waals surface area contributed by atoms with Crippen LogP contribution in [-0.2, 0) is 25.1 Å². The third kappa shape index (κ3) is 6.72. The van der Waals surface area contributed by atoms with Crippen molar-refractivity contribution in [2.45, 2.75) is 62.8 Å². The van der Waals surface area contributed by atoms with E-state index >= 15 is 0 Å². The normalized spacial score (nSPS) is 11.7. The number of rotatable bonds is 11. The summed E-state index contributed by atoms with van der Waals surface area (Å²) < 4.78 is 60.3. The van der Waals surface area contributed by atoms with Gasteiger partial charge < -0.3 is 9.30 Å². The summed E-state index contributed by atoms with van der Waals surface area (Å²) in [6.07, 6.45) is -0.217. The molecule has 1 heterocycles. The number of ether oxygens (including phenoxy) is 1. The predicted molar refractivity (Wildman–Crippen MR) is 116 cm³/mol. The number of hydrogen-bond donors (Lipinski definition) is 0. The van der Waals surface area contributed by atoms with Crippen molar-refractivity contribution < 1.29 is 22.3 Å². The van der Waals surface area contributed by atoms with Crippen LogP contribution in [0.25, 0.3) is 0 Å². The molecule has 0 N–H and O–H groups in total. The molecule has 0 atom stereocenters. The Morgan fingerprint density at radius 1 is 1.00 bits per heavy atom. The van der Waals surface area contributed by atoms with E-state index in [0.29, 0.717) is 28.8 Å². The van der Waals surface area contributed by atoms with Gasteiger partial charge in [-0.05, 0) is 30.2 Å². The van der Waals surface area contributed by atoms with E-state index in [1.165, 1.54) is 23.9 Å². The van der Waals surface area contributed by atoms with Gasteiger partial charge >= 0.3 is 6.18 Å². The molecule has 0 amide bonds. The first-order valence-electron chi connectivity index (χ1n) is 10.5. The number of alkyl halides is 3. The van der Waals surface area contributed by atoms with Gasteiger partial charge in [0, 0.05) is 12.3 Å². The van der Waals surface area contributed by atoms with Crippen LogP contribution in [-0.4, -0.2) is 14.8 Å². The molecule has 9 heteroatoms. The number of para-hydroxylation sites is 1. The minimum absolute atomic E-state index is 0.0475. The zero-order valence-corrected chi connectivity index (χ0v) is 18.6. The van der Waals surface area contributed by atoms with Crippen LogP contribution in [0.15, 0.2) is 53.7 Å². The van der Waals surface area contributed by atoms with Crippen molar-refractivity contribution in [1.82, 2.24) is 14.8 Å². The molecule has 0 saturated carbocycles. The van der Waals surface area contributed by atoms with Crippen molar-refractivity contribution in [3.05, 3.63) is 71.3 Å². The molecule has 32 heavy (non-hydrogen) atoms. The first-order valence-corrected chi connectivity index (χ1v) is 11.5. The van der Waals surface area contributed by atoms with Gasteiger partial charge in [0.1, 0.15) is 6.61 Å². The molecular formula is C23H25F4N3OS. The van der Waals surface area contributed by atoms with Crippen LogP contribution in [0.4, 0.5) is 17.6 Å². The summed E-state index contributed by atoms with van der Waals surface area (Å²) in [5.74, 6) is 0.550. The van der Waals surface area contributed by atoms with E-state index in [4.69, 9.17) is 4.74 Å². The largest absolute Gasteiger partial charge is 0.483 e. The maximum absolute atomic E-state index is 13.9. The molecule has 0 saturated heterocycles. The number of hydrogen-bond acceptors (Lipinski definition) is 4. The summed E-state index contributed by atoms with van der Waals surface area (Å²) >= 11 is 1.32. The van der Waals surface area contributed by atoms with Crippen LogP contribution >= 0.6 is 11.8 Å². The Morgan fingerprint density at radius 2 is 1.81 bits per heavy atom. The summed E-state index contributed by atoms with van der Waals surface area (Å²) in [5, 5.41) is 9.01. The molecule has 0 unspecified atom stereocenters. The van der Waals surface area contributed by atoms with Crippen LogP contribution < -0.4 is 4.74 Å². The first-order chi connectivity index (χ1) is 15.4. The average molecular weight is 468 g/mol. The Kier molecular flexibility index (Phi) is 8.55. The summed E-state index contributed by atoms with van der Waals surface area (Å²) in [6.45, 7) is 2.84. The summed E-state index contributed by atoms with van der Waals surface area (Å²) in [4.78, 5) is 0. The highest BCUT2D eigenvalue weighted by atomic mass is 32.2. The quantitative estimate of drug-likeness (QED) is 0.175. The molecule has 0 aliphatic carbocycles. The topological polar surface area (TPSA) is 39.9 Å². The highest BCUT2D eigenvalue weighted by Crippen LogP contribution is 2.31. The molecule has 3 aromatic rings. The van der Waals surface area contributed by atoms with Gasteiger partial charge in [-0.25, -0.2) is 4.39 Å². The predicted octanol–water partition coefficient (Wildman–Crippen LogP) is 6.89. The third-order valence-corrected chi connectivity index (χ3v) is 5.88. The van der Waals surface area contributed by atoms with Gasteiger partial charge in [0.25, 0.3) is 0 Å². The number of thioether (sulfide) groups is 1. The molecule has 1 aromatic heterocycles. The van der Waals surface area contributed by atoms with Crippen molar-refractivity contribution in [2.75, 3.05) is 0 Å². The maximum atomic E-state index is 13.9. The smallest absolute Gasteiger partial charge is 0.416 e. The summed E-state index contributed by atoms with van der Waals surface area (Å²) in [7, 11) is 0. The summed E-state index contributed by atoms with van der Waals surface area (Å²) in [5.41, 5.74) is -0.120. The molecule has 4 nitrogen and oxygen atoms in total. The minimum Gasteiger partial charge on any atom is -0.483 e. The van der Waals surface area contributed by atoms with Crippen LogP contribution in [0.3, 0.4) is 0 Å². The zero-order chi connectivity index (χ0) is 23.0. The molecule has 0 aliphatic heterocycles. The lowest BCUT2D eigenvalue weighted by molar-refractivity contribution is -0.137. The van der Waals surface area contributed by atoms with Crippen LogP contribution in [0, 0.1) is 5.82 Å². The Morgan fingerprint density at radius 3 is 2.56 bits per heavy atom. The van der Waals surface area contributed by atoms with Gasteiger partial charge in [-0.1, -0.05) is 68.3 Å². The number of unbranched alkanes of at least 4 members (excludes halogenated alkanes) is 3. The van der Waals surface area contributed by atoms with Gasteiger partial charge in [-0.2, -0.15) is 13.2 Å². The number of aromatic nitrogens is 3. The fourth-order valence-corrected chi connectivity index (χ4v) is 4.07. The first kappa shape index (κ1) is 24.1. The monoisotopic (exact) mass is 467 g/mol. The summed E-state index contributed by atoms with van der Waals surface area (Å²) in [6, 6.07) is 11.4. The molecule has 0 spiro atoms. The second kappa shape index (κ2) is 11.4. The molecule has 3 rings (SSSR count). The molecule has 0 fully saturated rings. The molecular weight excluding hydrogens is 442 g/mol. The molecule has 0 radical (unpaired) electrons. The van der Waals surface area contributed by atoms with Crippen LogP contribution in [0.2, 0.25) is 0 Å². The third-order valence-electron chi connectivity index (χ3n) is 4.84. The minimum atomic E-state index is -4.38. The maximum Gasteiger partial charge on any atom is 0.416 e. The van der Waals surface area contributed by atoms with Crippen molar-refractivity contribution in [3.8, 4) is 5.75 Å². The molecule has 0 aliphatic rings. The fraction of sp³-hybridized carbons (Fsp3) is 0.391. The number of halogens is 4. The van der Waals surface area contributed by atoms with E-state index in [9.17, 15) is 17.6 Å². The van der Waals surface area contributed by atoms with E-state index in [1.807, 2.05) is 4.57 Å². The Hall–Kier alpha value is -2.55. The SMILES string of the molecule is CCCCCCn1c(COc2ccccc2F)nnc1SCc1cccc(C(F)(F)F)c1. The van der Waals surface area contributed by atoms with Crippen LogP contribution in [0.5, 0.6) is 5.75 Å². The molecule has 2 aromatic carbocycles. The molecule has 172 valence electrons. The van der Waals surface area contributed by atoms with Gasteiger partial charge in [0.05, 0.1) is 5.56 Å². The van der Waals surface area contributed by atoms with Crippen molar-refractivity contribution in [3.63, 3.8) is 0 Å². The highest BCUT2D eigenvalue weighted by molar-refractivity contribution is 7.98. The average Bonchev–Trinajstić information content (AvgIpc) is 3.16. The van der Waals surface area contributed by atoms with E-state index in [-0.39, 0.29) is 12.4 Å². The van der Waals surface area contributed by atoms with E-state index in [1.54, 1.807) is 24.3 Å². The fourth-order valence-electron chi connectivity index (χ4n) is 3.14. The van der Waals surface area contributed by atoms with Crippen molar-refractivity contribution in [2.24, 2.45) is 0 Å². The highest BCUT2D eigenvalue weighted by Gasteiger charge is 2.30. The second-order valence-corrected chi connectivity index (χ2v) is 8.26. The Balaban J connectivity index is 1.72. The lowest BCUT2D eigenvalue weighted by Gasteiger charge is -2.12. The zero-order valence-electron chi connectivity index (χ0n) is 17.7. The van der Waals surface area contributed by atoms with Gasteiger partial charge in [-0.15, -0.1) is 10.2 Å². The van der Waals surface area contributed by atoms with Gasteiger partial charge in [0.15, 0.2) is 22.5 Å². The van der Waals surface area contributed by atoms with Crippen molar-refractivity contribution >= 4 is 11.8 Å². The van der Waals surface area contributed by atoms with E-state index in [0.717, 1.165) is 37.8 Å². The van der Waals surface area contributed by atoms with Crippen molar-refractivity contribution in [1.29, 1.82) is 0 Å². The lowest BCUT2D eigenvalue weighted by Crippen LogP contribution is -2.09. The van der Waals surface area contributed by atoms with Gasteiger partial charge in [-0.3, -0.25) is 0 Å². The Bertz CT molecular complexity index is 1010. The number of nitrogens with zero attached hydrogens (tertiary/aromatic N) is 3. The molecule has 0 bridgehead atoms. The van der Waals surface area contributed by atoms with E-state index < -0.39 is 17.6 Å².